The maximum Gasteiger partial charge on any atom is 0.409 e. The quantitative estimate of drug-likeness (QED) is 0.721. The highest BCUT2D eigenvalue weighted by molar-refractivity contribution is 7.89. The third kappa shape index (κ3) is 4.38. The molecule has 2 amide bonds. The highest BCUT2D eigenvalue weighted by atomic mass is 32.2. The Morgan fingerprint density at radius 3 is 2.25 bits per heavy atom. The number of rotatable bonds is 4. The van der Waals surface area contributed by atoms with Crippen LogP contribution in [-0.4, -0.2) is 86.2 Å². The van der Waals surface area contributed by atoms with Gasteiger partial charge in [0.2, 0.25) is 15.9 Å². The van der Waals surface area contributed by atoms with Crippen LogP contribution in [0.4, 0.5) is 4.79 Å². The van der Waals surface area contributed by atoms with Crippen molar-refractivity contribution in [3.05, 3.63) is 0 Å². The maximum absolute atomic E-state index is 12.7. The minimum absolute atomic E-state index is 0.00508. The topological polar surface area (TPSA) is 87.2 Å². The van der Waals surface area contributed by atoms with Crippen LogP contribution >= 0.6 is 0 Å². The molecule has 0 radical (unpaired) electrons. The molecule has 2 heterocycles. The Balaban J connectivity index is 1.90. The molecule has 0 aromatic carbocycles. The molecule has 24 heavy (non-hydrogen) atoms. The molecule has 0 spiro atoms. The number of piperazine rings is 1. The first-order valence-corrected chi connectivity index (χ1v) is 10.2. The normalized spacial score (nSPS) is 23.2. The molecule has 1 atom stereocenters. The first kappa shape index (κ1) is 19.0. The molecule has 0 saturated carbocycles. The Labute approximate surface area is 143 Å². The van der Waals surface area contributed by atoms with Crippen molar-refractivity contribution >= 4 is 22.0 Å². The second-order valence-corrected chi connectivity index (χ2v) is 8.37. The first-order chi connectivity index (χ1) is 11.4. The molecular formula is C15H27N3O5S. The van der Waals surface area contributed by atoms with Crippen molar-refractivity contribution in [1.82, 2.24) is 14.1 Å². The van der Waals surface area contributed by atoms with Gasteiger partial charge < -0.3 is 14.5 Å². The molecule has 2 saturated heterocycles. The van der Waals surface area contributed by atoms with E-state index in [1.165, 1.54) is 4.31 Å². The lowest BCUT2D eigenvalue weighted by Crippen LogP contribution is -2.54. The zero-order valence-electron chi connectivity index (χ0n) is 14.4. The molecule has 2 fully saturated rings. The second kappa shape index (κ2) is 8.15. The number of nitrogens with zero attached hydrogens (tertiary/aromatic N) is 3. The number of carbonyl (C=O) groups excluding carboxylic acids is 2. The van der Waals surface area contributed by atoms with Gasteiger partial charge in [0.05, 0.1) is 18.3 Å². The Morgan fingerprint density at radius 1 is 1.04 bits per heavy atom. The van der Waals surface area contributed by atoms with Crippen LogP contribution < -0.4 is 0 Å². The largest absolute Gasteiger partial charge is 0.450 e. The molecule has 0 unspecified atom stereocenters. The SMILES string of the molecule is CCOC(=O)N1CCN(C(=O)[C@@H]2CCCN(S(=O)(=O)CC)C2)CC1. The fourth-order valence-electron chi connectivity index (χ4n) is 3.16. The predicted octanol–water partition coefficient (Wildman–Crippen LogP) is 0.349. The zero-order valence-corrected chi connectivity index (χ0v) is 15.3. The van der Waals surface area contributed by atoms with Gasteiger partial charge in [-0.25, -0.2) is 17.5 Å². The number of carbonyl (C=O) groups is 2. The summed E-state index contributed by atoms with van der Waals surface area (Å²) in [5, 5.41) is 0. The minimum atomic E-state index is -3.25. The van der Waals surface area contributed by atoms with Gasteiger partial charge in [-0.15, -0.1) is 0 Å². The molecule has 0 N–H and O–H groups in total. The number of sulfonamides is 1. The molecule has 2 rings (SSSR count). The van der Waals surface area contributed by atoms with Gasteiger partial charge in [0, 0.05) is 39.3 Å². The highest BCUT2D eigenvalue weighted by Gasteiger charge is 2.35. The van der Waals surface area contributed by atoms with Crippen LogP contribution in [0.5, 0.6) is 0 Å². The smallest absolute Gasteiger partial charge is 0.409 e. The van der Waals surface area contributed by atoms with Crippen LogP contribution in [0.15, 0.2) is 0 Å². The lowest BCUT2D eigenvalue weighted by Gasteiger charge is -2.38. The average molecular weight is 361 g/mol. The van der Waals surface area contributed by atoms with Gasteiger partial charge in [-0.3, -0.25) is 4.79 Å². The van der Waals surface area contributed by atoms with Crippen molar-refractivity contribution in [2.75, 3.05) is 51.6 Å². The van der Waals surface area contributed by atoms with Gasteiger partial charge in [-0.1, -0.05) is 0 Å². The molecular weight excluding hydrogens is 334 g/mol. The van der Waals surface area contributed by atoms with E-state index >= 15 is 0 Å². The molecule has 2 aliphatic rings. The molecule has 0 aromatic heterocycles. The molecule has 0 aliphatic carbocycles. The van der Waals surface area contributed by atoms with E-state index in [1.807, 2.05) is 0 Å². The van der Waals surface area contributed by atoms with Crippen molar-refractivity contribution in [2.45, 2.75) is 26.7 Å². The van der Waals surface area contributed by atoms with E-state index in [4.69, 9.17) is 4.74 Å². The van der Waals surface area contributed by atoms with Crippen molar-refractivity contribution in [2.24, 2.45) is 5.92 Å². The van der Waals surface area contributed by atoms with Crippen molar-refractivity contribution < 1.29 is 22.7 Å². The van der Waals surface area contributed by atoms with Gasteiger partial charge in [0.15, 0.2) is 0 Å². The maximum atomic E-state index is 12.7. The third-order valence-electron chi connectivity index (χ3n) is 4.61. The first-order valence-electron chi connectivity index (χ1n) is 8.57. The summed E-state index contributed by atoms with van der Waals surface area (Å²) in [5.74, 6) is -0.227. The van der Waals surface area contributed by atoms with Crippen LogP contribution in [-0.2, 0) is 19.6 Å². The average Bonchev–Trinajstić information content (AvgIpc) is 2.61. The van der Waals surface area contributed by atoms with Gasteiger partial charge in [0.25, 0.3) is 0 Å². The van der Waals surface area contributed by atoms with E-state index in [-0.39, 0.29) is 30.2 Å². The monoisotopic (exact) mass is 361 g/mol. The Morgan fingerprint density at radius 2 is 1.67 bits per heavy atom. The van der Waals surface area contributed by atoms with Crippen LogP contribution in [0, 0.1) is 5.92 Å². The van der Waals surface area contributed by atoms with Crippen LogP contribution in [0.3, 0.4) is 0 Å². The Bertz CT molecular complexity index is 557. The summed E-state index contributed by atoms with van der Waals surface area (Å²) < 4.78 is 30.4. The van der Waals surface area contributed by atoms with Crippen LogP contribution in [0.1, 0.15) is 26.7 Å². The number of piperidine rings is 1. The van der Waals surface area contributed by atoms with E-state index < -0.39 is 10.0 Å². The summed E-state index contributed by atoms with van der Waals surface area (Å²) in [6, 6.07) is 0. The second-order valence-electron chi connectivity index (χ2n) is 6.11. The fraction of sp³-hybridized carbons (Fsp3) is 0.867. The number of hydrogen-bond acceptors (Lipinski definition) is 5. The van der Waals surface area contributed by atoms with Gasteiger partial charge in [0.1, 0.15) is 0 Å². The van der Waals surface area contributed by atoms with Gasteiger partial charge in [-0.05, 0) is 26.7 Å². The highest BCUT2D eigenvalue weighted by Crippen LogP contribution is 2.22. The molecule has 0 bridgehead atoms. The summed E-state index contributed by atoms with van der Waals surface area (Å²) in [4.78, 5) is 27.7. The van der Waals surface area contributed by atoms with E-state index in [9.17, 15) is 18.0 Å². The summed E-state index contributed by atoms with van der Waals surface area (Å²) in [7, 11) is -3.25. The predicted molar refractivity (Wildman–Crippen MR) is 88.9 cm³/mol. The van der Waals surface area contributed by atoms with Crippen LogP contribution in [0.2, 0.25) is 0 Å². The Kier molecular flexibility index (Phi) is 6.45. The summed E-state index contributed by atoms with van der Waals surface area (Å²) in [6.45, 7) is 6.32. The summed E-state index contributed by atoms with van der Waals surface area (Å²) in [6.07, 6.45) is 1.08. The minimum Gasteiger partial charge on any atom is -0.450 e. The van der Waals surface area contributed by atoms with E-state index in [2.05, 4.69) is 0 Å². The van der Waals surface area contributed by atoms with E-state index in [0.29, 0.717) is 52.2 Å². The standard InChI is InChI=1S/C15H27N3O5S/c1-3-23-15(20)17-10-8-16(9-11-17)14(19)13-6-5-7-18(12-13)24(21,22)4-2/h13H,3-12H2,1-2H3/t13-/m1/s1. The number of amides is 2. The van der Waals surface area contributed by atoms with Crippen LogP contribution in [0.25, 0.3) is 0 Å². The number of hydrogen-bond donors (Lipinski definition) is 0. The summed E-state index contributed by atoms with van der Waals surface area (Å²) in [5.41, 5.74) is 0. The molecule has 138 valence electrons. The molecule has 2 aliphatic heterocycles. The number of ether oxygens (including phenoxy) is 1. The third-order valence-corrected chi connectivity index (χ3v) is 6.46. The van der Waals surface area contributed by atoms with Crippen molar-refractivity contribution in [3.63, 3.8) is 0 Å². The lowest BCUT2D eigenvalue weighted by atomic mass is 9.98. The van der Waals surface area contributed by atoms with Gasteiger partial charge >= 0.3 is 6.09 Å². The van der Waals surface area contributed by atoms with Crippen molar-refractivity contribution in [3.8, 4) is 0 Å². The zero-order chi connectivity index (χ0) is 17.7. The molecule has 0 aromatic rings. The van der Waals surface area contributed by atoms with Crippen molar-refractivity contribution in [1.29, 1.82) is 0 Å². The lowest BCUT2D eigenvalue weighted by molar-refractivity contribution is -0.138. The van der Waals surface area contributed by atoms with Gasteiger partial charge in [-0.2, -0.15) is 0 Å². The fourth-order valence-corrected chi connectivity index (χ4v) is 4.34. The summed E-state index contributed by atoms with van der Waals surface area (Å²) >= 11 is 0. The Hall–Kier alpha value is -1.35. The van der Waals surface area contributed by atoms with E-state index in [1.54, 1.807) is 23.6 Å². The molecule has 9 heteroatoms. The molecule has 8 nitrogen and oxygen atoms in total. The van der Waals surface area contributed by atoms with E-state index in [0.717, 1.165) is 0 Å².